The average molecular weight is 491 g/mol. The number of aromatic nitrogens is 2. The second kappa shape index (κ2) is 10.7. The summed E-state index contributed by atoms with van der Waals surface area (Å²) in [7, 11) is 0. The molecule has 12 heteroatoms. The lowest BCUT2D eigenvalue weighted by atomic mass is 10.1. The van der Waals surface area contributed by atoms with Gasteiger partial charge < -0.3 is 24.9 Å². The zero-order chi connectivity index (χ0) is 24.8. The molecule has 0 unspecified atom stereocenters. The van der Waals surface area contributed by atoms with Crippen molar-refractivity contribution in [1.29, 1.82) is 0 Å². The number of benzene rings is 2. The summed E-state index contributed by atoms with van der Waals surface area (Å²) in [6.07, 6.45) is -3.30. The Kier molecular flexibility index (Phi) is 7.51. The lowest BCUT2D eigenvalue weighted by molar-refractivity contribution is -0.389. The van der Waals surface area contributed by atoms with Crippen LogP contribution in [0.25, 0.3) is 0 Å². The van der Waals surface area contributed by atoms with Crippen LogP contribution in [0.3, 0.4) is 0 Å². The third-order valence-corrected chi connectivity index (χ3v) is 5.45. The van der Waals surface area contributed by atoms with E-state index in [0.29, 0.717) is 39.3 Å². The molecule has 0 radical (unpaired) electrons. The van der Waals surface area contributed by atoms with Crippen molar-refractivity contribution in [2.24, 2.45) is 0 Å². The summed E-state index contributed by atoms with van der Waals surface area (Å²) >= 11 is 0. The number of ether oxygens (including phenoxy) is 2. The van der Waals surface area contributed by atoms with Crippen molar-refractivity contribution in [1.82, 2.24) is 19.8 Å². The van der Waals surface area contributed by atoms with Crippen molar-refractivity contribution in [3.8, 4) is 11.8 Å². The number of imidazole rings is 1. The minimum Gasteiger partial charge on any atom is -0.444 e. The summed E-state index contributed by atoms with van der Waals surface area (Å²) in [5.74, 6) is -0.458. The van der Waals surface area contributed by atoms with Crippen LogP contribution in [0.15, 0.2) is 54.7 Å². The minimum absolute atomic E-state index is 0.217. The molecule has 9 nitrogen and oxygen atoms in total. The number of nitrogens with zero attached hydrogens (tertiary/aromatic N) is 4. The molecular formula is C23H24F3N5O4. The molecule has 4 rings (SSSR count). The molecule has 0 spiro atoms. The van der Waals surface area contributed by atoms with Crippen LogP contribution < -0.4 is 14.8 Å². The highest BCUT2D eigenvalue weighted by Gasteiger charge is 2.31. The smallest absolute Gasteiger partial charge is 0.444 e. The van der Waals surface area contributed by atoms with Gasteiger partial charge in [0.15, 0.2) is 0 Å². The molecule has 3 aromatic rings. The maximum absolute atomic E-state index is 12.2. The Morgan fingerprint density at radius 2 is 1.63 bits per heavy atom. The van der Waals surface area contributed by atoms with Gasteiger partial charge in [-0.05, 0) is 33.7 Å². The number of alkyl halides is 3. The molecule has 0 bridgehead atoms. The van der Waals surface area contributed by atoms with Gasteiger partial charge in [-0.2, -0.15) is 0 Å². The van der Waals surface area contributed by atoms with Crippen LogP contribution >= 0.6 is 0 Å². The Bertz CT molecular complexity index is 1130. The molecule has 0 saturated carbocycles. The highest BCUT2D eigenvalue weighted by atomic mass is 19.4. The predicted octanol–water partition coefficient (Wildman–Crippen LogP) is 3.87. The summed E-state index contributed by atoms with van der Waals surface area (Å²) in [5.41, 5.74) is 3.06. The highest BCUT2D eigenvalue weighted by molar-refractivity contribution is 5.28. The first-order valence-corrected chi connectivity index (χ1v) is 10.9. The summed E-state index contributed by atoms with van der Waals surface area (Å²) in [4.78, 5) is 16.5. The second-order valence-corrected chi connectivity index (χ2v) is 8.07. The van der Waals surface area contributed by atoms with Gasteiger partial charge >= 0.3 is 18.2 Å². The molecule has 186 valence electrons. The van der Waals surface area contributed by atoms with Gasteiger partial charge in [0.25, 0.3) is 0 Å². The molecule has 0 saturated heterocycles. The molecule has 2 heterocycles. The van der Waals surface area contributed by atoms with Gasteiger partial charge in [0.05, 0.1) is 0 Å². The number of hydrogen-bond acceptors (Lipinski definition) is 7. The van der Waals surface area contributed by atoms with Gasteiger partial charge in [-0.3, -0.25) is 9.47 Å². The largest absolute Gasteiger partial charge is 0.573 e. The van der Waals surface area contributed by atoms with Crippen molar-refractivity contribution in [3.05, 3.63) is 81.5 Å². The van der Waals surface area contributed by atoms with E-state index in [-0.39, 0.29) is 17.6 Å². The Morgan fingerprint density at radius 1 is 1.00 bits per heavy atom. The van der Waals surface area contributed by atoms with Gasteiger partial charge in [0.2, 0.25) is 0 Å². The number of halogens is 3. The molecule has 1 aromatic heterocycles. The number of fused-ring (bicyclic) bond motifs is 1. The van der Waals surface area contributed by atoms with Crippen molar-refractivity contribution < 1.29 is 27.6 Å². The zero-order valence-electron chi connectivity index (χ0n) is 18.7. The van der Waals surface area contributed by atoms with Gasteiger partial charge in [-0.25, -0.2) is 0 Å². The first-order valence-electron chi connectivity index (χ1n) is 10.9. The van der Waals surface area contributed by atoms with Crippen LogP contribution in [0.2, 0.25) is 0 Å². The fourth-order valence-electron chi connectivity index (χ4n) is 3.72. The lowest BCUT2D eigenvalue weighted by Gasteiger charge is -2.24. The third kappa shape index (κ3) is 7.17. The van der Waals surface area contributed by atoms with E-state index in [0.717, 1.165) is 23.2 Å². The fourth-order valence-corrected chi connectivity index (χ4v) is 3.72. The van der Waals surface area contributed by atoms with E-state index in [9.17, 15) is 23.3 Å². The second-order valence-electron chi connectivity index (χ2n) is 8.07. The number of nitrogens with one attached hydrogen (secondary N) is 1. The fraction of sp³-hybridized carbons (Fsp3) is 0.348. The van der Waals surface area contributed by atoms with E-state index in [4.69, 9.17) is 4.74 Å². The molecular weight excluding hydrogens is 467 g/mol. The lowest BCUT2D eigenvalue weighted by Crippen LogP contribution is -2.33. The molecule has 1 aliphatic heterocycles. The van der Waals surface area contributed by atoms with Crippen molar-refractivity contribution in [3.63, 3.8) is 0 Å². The van der Waals surface area contributed by atoms with E-state index in [2.05, 4.69) is 19.9 Å². The predicted molar refractivity (Wildman–Crippen MR) is 120 cm³/mol. The van der Waals surface area contributed by atoms with Gasteiger partial charge in [-0.1, -0.05) is 36.4 Å². The zero-order valence-corrected chi connectivity index (χ0v) is 18.7. The monoisotopic (exact) mass is 491 g/mol. The topological polar surface area (TPSA) is 94.7 Å². The molecule has 0 atom stereocenters. The Hall–Kier alpha value is -3.64. The first kappa shape index (κ1) is 24.5. The SMILES string of the molecule is O=[N+]([O-])c1cn2c(n1)OCCN(Cc1ccc(CNCc3ccc(OC(F)(F)F)cc3)cc1)CC2. The molecule has 35 heavy (non-hydrogen) atoms. The highest BCUT2D eigenvalue weighted by Crippen LogP contribution is 2.23. The summed E-state index contributed by atoms with van der Waals surface area (Å²) < 4.78 is 47.8. The maximum atomic E-state index is 12.2. The minimum atomic E-state index is -4.70. The number of nitro groups is 1. The van der Waals surface area contributed by atoms with Crippen molar-refractivity contribution >= 4 is 5.82 Å². The molecule has 0 aliphatic carbocycles. The Balaban J connectivity index is 1.23. The van der Waals surface area contributed by atoms with Crippen LogP contribution in [0.1, 0.15) is 16.7 Å². The van der Waals surface area contributed by atoms with Crippen LogP contribution in [0, 0.1) is 10.1 Å². The van der Waals surface area contributed by atoms with E-state index in [1.165, 1.54) is 18.3 Å². The molecule has 0 fully saturated rings. The van der Waals surface area contributed by atoms with E-state index in [1.54, 1.807) is 16.7 Å². The Labute approximate surface area is 199 Å². The van der Waals surface area contributed by atoms with E-state index in [1.807, 2.05) is 24.3 Å². The summed E-state index contributed by atoms with van der Waals surface area (Å²) in [5, 5.41) is 14.2. The molecule has 0 amide bonds. The van der Waals surface area contributed by atoms with Crippen LogP contribution in [0.5, 0.6) is 11.8 Å². The average Bonchev–Trinajstić information content (AvgIpc) is 3.19. The number of hydrogen-bond donors (Lipinski definition) is 1. The third-order valence-electron chi connectivity index (χ3n) is 5.45. The van der Waals surface area contributed by atoms with Crippen molar-refractivity contribution in [2.45, 2.75) is 32.5 Å². The maximum Gasteiger partial charge on any atom is 0.573 e. The van der Waals surface area contributed by atoms with Crippen LogP contribution in [-0.4, -0.2) is 45.4 Å². The van der Waals surface area contributed by atoms with Gasteiger partial charge in [0, 0.05) is 44.3 Å². The van der Waals surface area contributed by atoms with Crippen molar-refractivity contribution in [2.75, 3.05) is 19.7 Å². The van der Waals surface area contributed by atoms with E-state index < -0.39 is 11.3 Å². The van der Waals surface area contributed by atoms with Gasteiger partial charge in [0.1, 0.15) is 18.6 Å². The van der Waals surface area contributed by atoms with Crippen LogP contribution in [-0.2, 0) is 26.2 Å². The Morgan fingerprint density at radius 3 is 2.26 bits per heavy atom. The molecule has 2 aromatic carbocycles. The van der Waals surface area contributed by atoms with Gasteiger partial charge in [-0.15, -0.1) is 13.2 Å². The summed E-state index contributed by atoms with van der Waals surface area (Å²) in [6, 6.07) is 14.2. The summed E-state index contributed by atoms with van der Waals surface area (Å²) in [6.45, 7) is 4.16. The van der Waals surface area contributed by atoms with E-state index >= 15 is 0 Å². The molecule has 1 aliphatic rings. The first-order chi connectivity index (χ1) is 16.7. The molecule has 1 N–H and O–H groups in total. The quantitative estimate of drug-likeness (QED) is 0.378. The van der Waals surface area contributed by atoms with Crippen LogP contribution in [0.4, 0.5) is 19.0 Å². The number of rotatable bonds is 8. The standard InChI is InChI=1S/C23H24F3N5O4/c24-23(25,26)35-20-7-5-18(6-8-20)14-27-13-17-1-3-19(4-2-17)15-29-9-10-30-16-21(31(32)33)28-22(30)34-12-11-29/h1-8,16,27H,9-15H2. The normalized spacial score (nSPS) is 14.5.